The fraction of sp³-hybridized carbons (Fsp3) is 0.0870. The van der Waals surface area contributed by atoms with Crippen molar-refractivity contribution in [2.24, 2.45) is 0 Å². The molecule has 0 aliphatic carbocycles. The maximum absolute atomic E-state index is 11.3. The van der Waals surface area contributed by atoms with Crippen molar-refractivity contribution in [1.82, 2.24) is 20.0 Å². The van der Waals surface area contributed by atoms with E-state index in [0.717, 1.165) is 46.6 Å². The Kier molecular flexibility index (Phi) is 5.45. The third-order valence-corrected chi connectivity index (χ3v) is 4.65. The molecule has 4 aromatic rings. The molecule has 6 heteroatoms. The molecule has 0 saturated carbocycles. The normalized spacial score (nSPS) is 11.2. The van der Waals surface area contributed by atoms with Gasteiger partial charge in [0.05, 0.1) is 11.0 Å². The van der Waals surface area contributed by atoms with Crippen molar-refractivity contribution >= 4 is 23.0 Å². The second kappa shape index (κ2) is 8.50. The number of hydrogen-bond acceptors (Lipinski definition) is 4. The number of rotatable bonds is 6. The number of aromatic nitrogens is 3. The highest BCUT2D eigenvalue weighted by Crippen LogP contribution is 2.26. The quantitative estimate of drug-likeness (QED) is 0.301. The number of pyridine rings is 1. The minimum atomic E-state index is -0.571. The summed E-state index contributed by atoms with van der Waals surface area (Å²) in [5, 5.41) is 8.65. The molecule has 4 rings (SSSR count). The van der Waals surface area contributed by atoms with Crippen molar-refractivity contribution in [1.29, 1.82) is 0 Å². The lowest BCUT2D eigenvalue weighted by Crippen LogP contribution is -2.14. The van der Waals surface area contributed by atoms with Crippen molar-refractivity contribution in [3.8, 4) is 11.4 Å². The summed E-state index contributed by atoms with van der Waals surface area (Å²) in [5.41, 5.74) is 6.42. The summed E-state index contributed by atoms with van der Waals surface area (Å²) in [4.78, 5) is 20.5. The molecular formula is C23H20N4O2. The molecule has 0 atom stereocenters. The van der Waals surface area contributed by atoms with Gasteiger partial charge in [0.25, 0.3) is 5.91 Å². The Morgan fingerprint density at radius 1 is 1.07 bits per heavy atom. The van der Waals surface area contributed by atoms with Crippen LogP contribution in [-0.2, 0) is 17.8 Å². The highest BCUT2D eigenvalue weighted by molar-refractivity contribution is 5.91. The summed E-state index contributed by atoms with van der Waals surface area (Å²) in [6.45, 7) is 0.750. The van der Waals surface area contributed by atoms with Crippen LogP contribution in [0, 0.1) is 0 Å². The first kappa shape index (κ1) is 18.6. The zero-order valence-electron chi connectivity index (χ0n) is 15.7. The van der Waals surface area contributed by atoms with E-state index in [1.807, 2.05) is 60.7 Å². The number of hydroxylamine groups is 1. The van der Waals surface area contributed by atoms with E-state index in [-0.39, 0.29) is 0 Å². The summed E-state index contributed by atoms with van der Waals surface area (Å²) >= 11 is 0. The van der Waals surface area contributed by atoms with Crippen LogP contribution in [0.1, 0.15) is 11.3 Å². The van der Waals surface area contributed by atoms with E-state index in [2.05, 4.69) is 15.6 Å². The average molecular weight is 384 g/mol. The van der Waals surface area contributed by atoms with Crippen LogP contribution in [0.15, 0.2) is 79.0 Å². The van der Waals surface area contributed by atoms with Gasteiger partial charge in [-0.1, -0.05) is 36.4 Å². The van der Waals surface area contributed by atoms with E-state index in [4.69, 9.17) is 10.2 Å². The van der Waals surface area contributed by atoms with Gasteiger partial charge in [0.1, 0.15) is 5.82 Å². The van der Waals surface area contributed by atoms with Crippen LogP contribution in [0.3, 0.4) is 0 Å². The van der Waals surface area contributed by atoms with Crippen molar-refractivity contribution in [2.75, 3.05) is 0 Å². The first-order valence-corrected chi connectivity index (χ1v) is 9.32. The number of aryl methyl sites for hydroxylation is 2. The van der Waals surface area contributed by atoms with Gasteiger partial charge in [0.2, 0.25) is 0 Å². The first-order chi connectivity index (χ1) is 14.2. The number of amides is 1. The highest BCUT2D eigenvalue weighted by atomic mass is 16.5. The van der Waals surface area contributed by atoms with Crippen LogP contribution in [0.5, 0.6) is 0 Å². The van der Waals surface area contributed by atoms with Crippen molar-refractivity contribution in [2.45, 2.75) is 13.0 Å². The zero-order chi connectivity index (χ0) is 20.1. The van der Waals surface area contributed by atoms with Gasteiger partial charge in [0, 0.05) is 36.5 Å². The Balaban J connectivity index is 1.72. The Morgan fingerprint density at radius 2 is 1.93 bits per heavy atom. The molecule has 0 fully saturated rings. The molecule has 2 heterocycles. The summed E-state index contributed by atoms with van der Waals surface area (Å²) in [5.74, 6) is 0.294. The first-order valence-electron chi connectivity index (χ1n) is 9.32. The van der Waals surface area contributed by atoms with Gasteiger partial charge in [-0.15, -0.1) is 0 Å². The third kappa shape index (κ3) is 4.23. The molecule has 0 unspecified atom stereocenters. The molecule has 0 bridgehead atoms. The Bertz CT molecular complexity index is 1170. The van der Waals surface area contributed by atoms with Gasteiger partial charge in [-0.25, -0.2) is 10.5 Å². The molecule has 0 aliphatic heterocycles. The second-order valence-electron chi connectivity index (χ2n) is 6.58. The topological polar surface area (TPSA) is 80.0 Å². The van der Waals surface area contributed by atoms with Crippen LogP contribution in [0.25, 0.3) is 28.5 Å². The van der Waals surface area contributed by atoms with E-state index in [1.165, 1.54) is 6.08 Å². The lowest BCUT2D eigenvalue weighted by molar-refractivity contribution is -0.124. The number of nitrogens with one attached hydrogen (secondary N) is 1. The average Bonchev–Trinajstić information content (AvgIpc) is 3.15. The lowest BCUT2D eigenvalue weighted by Gasteiger charge is -2.10. The number of benzene rings is 2. The van der Waals surface area contributed by atoms with E-state index >= 15 is 0 Å². The third-order valence-electron chi connectivity index (χ3n) is 4.65. The van der Waals surface area contributed by atoms with E-state index < -0.39 is 5.91 Å². The maximum Gasteiger partial charge on any atom is 0.267 e. The number of imidazole rings is 1. The monoisotopic (exact) mass is 384 g/mol. The van der Waals surface area contributed by atoms with Crippen LogP contribution < -0.4 is 5.48 Å². The molecule has 2 aromatic carbocycles. The van der Waals surface area contributed by atoms with Crippen LogP contribution >= 0.6 is 0 Å². The van der Waals surface area contributed by atoms with Gasteiger partial charge in [-0.2, -0.15) is 0 Å². The largest absolute Gasteiger partial charge is 0.324 e. The van der Waals surface area contributed by atoms with Gasteiger partial charge >= 0.3 is 0 Å². The molecular weight excluding hydrogens is 364 g/mol. The van der Waals surface area contributed by atoms with E-state index in [0.29, 0.717) is 0 Å². The molecule has 144 valence electrons. The minimum absolute atomic E-state index is 0.571. The fourth-order valence-corrected chi connectivity index (χ4v) is 3.29. The molecule has 2 aromatic heterocycles. The van der Waals surface area contributed by atoms with Crippen molar-refractivity contribution in [3.63, 3.8) is 0 Å². The Hall–Kier alpha value is -3.77. The van der Waals surface area contributed by atoms with Crippen LogP contribution in [-0.4, -0.2) is 25.6 Å². The molecule has 0 spiro atoms. The molecule has 0 saturated heterocycles. The van der Waals surface area contributed by atoms with Gasteiger partial charge < -0.3 is 4.57 Å². The SMILES string of the molecule is O=C(/C=C/c1cccc(-c2nc3ccccc3n2CCc2ccccn2)c1)NO. The Labute approximate surface area is 168 Å². The van der Waals surface area contributed by atoms with Gasteiger partial charge in [0.15, 0.2) is 0 Å². The number of para-hydroxylation sites is 2. The molecule has 0 radical (unpaired) electrons. The van der Waals surface area contributed by atoms with Crippen molar-refractivity contribution in [3.05, 3.63) is 90.3 Å². The lowest BCUT2D eigenvalue weighted by atomic mass is 10.1. The summed E-state index contributed by atoms with van der Waals surface area (Å²) in [7, 11) is 0. The van der Waals surface area contributed by atoms with Gasteiger partial charge in [-0.3, -0.25) is 15.0 Å². The number of nitrogens with zero attached hydrogens (tertiary/aromatic N) is 3. The van der Waals surface area contributed by atoms with Crippen molar-refractivity contribution < 1.29 is 10.0 Å². The van der Waals surface area contributed by atoms with Crippen LogP contribution in [0.4, 0.5) is 0 Å². The second-order valence-corrected chi connectivity index (χ2v) is 6.58. The molecule has 0 aliphatic rings. The molecule has 2 N–H and O–H groups in total. The standard InChI is InChI=1S/C23H20N4O2/c28-22(26-29)12-11-17-6-5-7-18(16-17)23-25-20-9-1-2-10-21(20)27(23)15-13-19-8-3-4-14-24-19/h1-12,14,16,29H,13,15H2,(H,26,28)/b12-11+. The fourth-order valence-electron chi connectivity index (χ4n) is 3.29. The predicted molar refractivity (Wildman–Crippen MR) is 112 cm³/mol. The summed E-state index contributed by atoms with van der Waals surface area (Å²) in [6.07, 6.45) is 5.53. The van der Waals surface area contributed by atoms with Gasteiger partial charge in [-0.05, 0) is 42.0 Å². The minimum Gasteiger partial charge on any atom is -0.324 e. The Morgan fingerprint density at radius 3 is 2.76 bits per heavy atom. The molecule has 6 nitrogen and oxygen atoms in total. The number of carbonyl (C=O) groups is 1. The maximum atomic E-state index is 11.3. The zero-order valence-corrected chi connectivity index (χ0v) is 15.7. The number of hydrogen-bond donors (Lipinski definition) is 2. The van der Waals surface area contributed by atoms with E-state index in [9.17, 15) is 4.79 Å². The summed E-state index contributed by atoms with van der Waals surface area (Å²) < 4.78 is 2.20. The number of carbonyl (C=O) groups excluding carboxylic acids is 1. The molecule has 29 heavy (non-hydrogen) atoms. The summed E-state index contributed by atoms with van der Waals surface area (Å²) in [6, 6.07) is 21.8. The van der Waals surface area contributed by atoms with E-state index in [1.54, 1.807) is 17.8 Å². The predicted octanol–water partition coefficient (Wildman–Crippen LogP) is 3.86. The smallest absolute Gasteiger partial charge is 0.267 e. The molecule has 1 amide bonds. The highest BCUT2D eigenvalue weighted by Gasteiger charge is 2.13. The number of fused-ring (bicyclic) bond motifs is 1. The van der Waals surface area contributed by atoms with Crippen LogP contribution in [0.2, 0.25) is 0 Å².